The van der Waals surface area contributed by atoms with Crippen molar-refractivity contribution in [3.8, 4) is 0 Å². The van der Waals surface area contributed by atoms with Gasteiger partial charge in [0.25, 0.3) is 0 Å². The molecule has 1 N–H and O–H groups in total. The van der Waals surface area contributed by atoms with Crippen LogP contribution in [0.2, 0.25) is 0 Å². The van der Waals surface area contributed by atoms with Crippen molar-refractivity contribution in [3.63, 3.8) is 0 Å². The molecule has 1 unspecified atom stereocenters. The molecule has 0 saturated carbocycles. The van der Waals surface area contributed by atoms with E-state index in [1.54, 1.807) is 0 Å². The van der Waals surface area contributed by atoms with Crippen LogP contribution < -0.4 is 5.32 Å². The first-order valence-electron chi connectivity index (χ1n) is 7.74. The summed E-state index contributed by atoms with van der Waals surface area (Å²) in [5, 5.41) is 8.10. The van der Waals surface area contributed by atoms with Crippen molar-refractivity contribution in [3.05, 3.63) is 64.6 Å². The Morgan fingerprint density at radius 1 is 1.09 bits per heavy atom. The number of benzene rings is 1. The summed E-state index contributed by atoms with van der Waals surface area (Å²) in [6.45, 7) is 4.33. The largest absolute Gasteiger partial charge is 0.314 e. The van der Waals surface area contributed by atoms with Gasteiger partial charge < -0.3 is 5.32 Å². The molecule has 0 radical (unpaired) electrons. The number of piperazine rings is 1. The van der Waals surface area contributed by atoms with Crippen LogP contribution in [0, 0.1) is 0 Å². The standard InChI is InChI=1S/C18H19N3S/c1-2-17(22-11-1)18(21-9-7-19-8-10-21)15-3-4-16-13-20-6-5-14(16)12-15/h1-6,11-13,18-19H,7-10H2. The van der Waals surface area contributed by atoms with Crippen molar-refractivity contribution >= 4 is 22.1 Å². The number of hydrogen-bond acceptors (Lipinski definition) is 4. The first kappa shape index (κ1) is 13.9. The zero-order valence-electron chi connectivity index (χ0n) is 12.4. The second-order valence-electron chi connectivity index (χ2n) is 5.69. The minimum Gasteiger partial charge on any atom is -0.314 e. The molecule has 3 heterocycles. The molecule has 1 saturated heterocycles. The van der Waals surface area contributed by atoms with E-state index < -0.39 is 0 Å². The number of hydrogen-bond donors (Lipinski definition) is 1. The monoisotopic (exact) mass is 309 g/mol. The minimum atomic E-state index is 0.361. The van der Waals surface area contributed by atoms with E-state index in [0.717, 1.165) is 26.2 Å². The molecule has 1 fully saturated rings. The van der Waals surface area contributed by atoms with Gasteiger partial charge in [-0.05, 0) is 34.5 Å². The Balaban J connectivity index is 1.78. The molecule has 0 amide bonds. The Morgan fingerprint density at radius 3 is 2.82 bits per heavy atom. The van der Waals surface area contributed by atoms with Gasteiger partial charge in [-0.15, -0.1) is 11.3 Å². The number of rotatable bonds is 3. The van der Waals surface area contributed by atoms with Gasteiger partial charge in [0.15, 0.2) is 0 Å². The van der Waals surface area contributed by atoms with Gasteiger partial charge in [-0.2, -0.15) is 0 Å². The fourth-order valence-electron chi connectivity index (χ4n) is 3.21. The van der Waals surface area contributed by atoms with Crippen molar-refractivity contribution < 1.29 is 0 Å². The predicted octanol–water partition coefficient (Wildman–Crippen LogP) is 3.29. The van der Waals surface area contributed by atoms with Gasteiger partial charge in [0.2, 0.25) is 0 Å². The van der Waals surface area contributed by atoms with Crippen LogP contribution in [0.25, 0.3) is 10.8 Å². The Bertz CT molecular complexity index is 748. The summed E-state index contributed by atoms with van der Waals surface area (Å²) < 4.78 is 0. The second kappa shape index (κ2) is 6.16. The SMILES string of the molecule is c1csc(C(c2ccc3cnccc3c2)N2CCNCC2)c1. The lowest BCUT2D eigenvalue weighted by Gasteiger charge is -2.34. The molecule has 112 valence electrons. The van der Waals surface area contributed by atoms with Gasteiger partial charge in [0.05, 0.1) is 6.04 Å². The fraction of sp³-hybridized carbons (Fsp3) is 0.278. The second-order valence-corrected chi connectivity index (χ2v) is 6.67. The maximum atomic E-state index is 4.21. The molecule has 2 aromatic heterocycles. The van der Waals surface area contributed by atoms with Crippen LogP contribution in [-0.2, 0) is 0 Å². The summed E-state index contributed by atoms with van der Waals surface area (Å²) in [5.74, 6) is 0. The number of fused-ring (bicyclic) bond motifs is 1. The van der Waals surface area contributed by atoms with Gasteiger partial charge in [0.1, 0.15) is 0 Å². The van der Waals surface area contributed by atoms with Crippen LogP contribution >= 0.6 is 11.3 Å². The molecule has 1 aromatic carbocycles. The van der Waals surface area contributed by atoms with Crippen molar-refractivity contribution in [2.45, 2.75) is 6.04 Å². The highest BCUT2D eigenvalue weighted by Crippen LogP contribution is 2.33. The molecule has 1 aliphatic heterocycles. The van der Waals surface area contributed by atoms with Gasteiger partial charge in [-0.3, -0.25) is 9.88 Å². The minimum absolute atomic E-state index is 0.361. The van der Waals surface area contributed by atoms with E-state index >= 15 is 0 Å². The molecular formula is C18H19N3S. The maximum Gasteiger partial charge on any atom is 0.0697 e. The first-order chi connectivity index (χ1) is 10.9. The molecule has 22 heavy (non-hydrogen) atoms. The Kier molecular flexibility index (Phi) is 3.89. The third kappa shape index (κ3) is 2.65. The van der Waals surface area contributed by atoms with Crippen molar-refractivity contribution in [2.24, 2.45) is 0 Å². The van der Waals surface area contributed by atoms with E-state index in [2.05, 4.69) is 57.0 Å². The average Bonchev–Trinajstić information content (AvgIpc) is 3.10. The van der Waals surface area contributed by atoms with Crippen LogP contribution in [0.1, 0.15) is 16.5 Å². The molecule has 3 nitrogen and oxygen atoms in total. The van der Waals surface area contributed by atoms with Gasteiger partial charge >= 0.3 is 0 Å². The summed E-state index contributed by atoms with van der Waals surface area (Å²) in [6.07, 6.45) is 3.81. The highest BCUT2D eigenvalue weighted by molar-refractivity contribution is 7.10. The maximum absolute atomic E-state index is 4.21. The lowest BCUT2D eigenvalue weighted by Crippen LogP contribution is -2.45. The number of aromatic nitrogens is 1. The molecule has 4 rings (SSSR count). The van der Waals surface area contributed by atoms with Crippen LogP contribution in [0.15, 0.2) is 54.2 Å². The topological polar surface area (TPSA) is 28.2 Å². The van der Waals surface area contributed by atoms with Gasteiger partial charge in [-0.1, -0.05) is 18.2 Å². The van der Waals surface area contributed by atoms with Crippen LogP contribution in [0.5, 0.6) is 0 Å². The van der Waals surface area contributed by atoms with E-state index in [1.165, 1.54) is 21.2 Å². The molecule has 1 aliphatic rings. The Labute approximate surface area is 134 Å². The van der Waals surface area contributed by atoms with Crippen molar-refractivity contribution in [1.29, 1.82) is 0 Å². The lowest BCUT2D eigenvalue weighted by molar-refractivity contribution is 0.201. The summed E-state index contributed by atoms with van der Waals surface area (Å²) in [7, 11) is 0. The predicted molar refractivity (Wildman–Crippen MR) is 92.3 cm³/mol. The Morgan fingerprint density at radius 2 is 2.00 bits per heavy atom. The molecule has 4 heteroatoms. The molecule has 1 atom stereocenters. The number of thiophene rings is 1. The highest BCUT2D eigenvalue weighted by Gasteiger charge is 2.24. The van der Waals surface area contributed by atoms with E-state index in [9.17, 15) is 0 Å². The molecule has 0 bridgehead atoms. The zero-order chi connectivity index (χ0) is 14.8. The molecule has 0 spiro atoms. The van der Waals surface area contributed by atoms with Gasteiger partial charge in [0, 0.05) is 48.8 Å². The molecule has 3 aromatic rings. The fourth-order valence-corrected chi connectivity index (χ4v) is 4.10. The van der Waals surface area contributed by atoms with E-state index in [0.29, 0.717) is 6.04 Å². The summed E-state index contributed by atoms with van der Waals surface area (Å²) in [4.78, 5) is 8.22. The van der Waals surface area contributed by atoms with E-state index in [1.807, 2.05) is 23.7 Å². The van der Waals surface area contributed by atoms with Crippen LogP contribution in [-0.4, -0.2) is 36.1 Å². The highest BCUT2D eigenvalue weighted by atomic mass is 32.1. The number of nitrogens with one attached hydrogen (secondary N) is 1. The van der Waals surface area contributed by atoms with Crippen LogP contribution in [0.4, 0.5) is 0 Å². The van der Waals surface area contributed by atoms with Crippen molar-refractivity contribution in [2.75, 3.05) is 26.2 Å². The summed E-state index contributed by atoms with van der Waals surface area (Å²) in [6, 6.07) is 13.6. The number of pyridine rings is 1. The van der Waals surface area contributed by atoms with E-state index in [4.69, 9.17) is 0 Å². The Hall–Kier alpha value is -1.75. The zero-order valence-corrected chi connectivity index (χ0v) is 13.2. The smallest absolute Gasteiger partial charge is 0.0697 e. The summed E-state index contributed by atoms with van der Waals surface area (Å²) >= 11 is 1.85. The van der Waals surface area contributed by atoms with E-state index in [-0.39, 0.29) is 0 Å². The third-order valence-corrected chi connectivity index (χ3v) is 5.23. The van der Waals surface area contributed by atoms with Gasteiger partial charge in [-0.25, -0.2) is 0 Å². The average molecular weight is 309 g/mol. The third-order valence-electron chi connectivity index (χ3n) is 4.31. The van der Waals surface area contributed by atoms with Crippen molar-refractivity contribution in [1.82, 2.24) is 15.2 Å². The van der Waals surface area contributed by atoms with Crippen LogP contribution in [0.3, 0.4) is 0 Å². The quantitative estimate of drug-likeness (QED) is 0.805. The number of nitrogens with zero attached hydrogens (tertiary/aromatic N) is 2. The molecule has 0 aliphatic carbocycles. The first-order valence-corrected chi connectivity index (χ1v) is 8.62. The normalized spacial score (nSPS) is 17.6. The molecular weight excluding hydrogens is 290 g/mol. The lowest BCUT2D eigenvalue weighted by atomic mass is 10.00. The summed E-state index contributed by atoms with van der Waals surface area (Å²) in [5.41, 5.74) is 1.38.